The SMILES string of the molecule is C#CCC(C)NCC(=O)OCCCC. The molecule has 0 radical (unpaired) electrons. The van der Waals surface area contributed by atoms with Crippen LogP contribution >= 0.6 is 0 Å². The molecule has 0 aliphatic rings. The van der Waals surface area contributed by atoms with Crippen LogP contribution in [0.5, 0.6) is 0 Å². The van der Waals surface area contributed by atoms with Crippen LogP contribution in [-0.4, -0.2) is 25.2 Å². The molecule has 0 bridgehead atoms. The first-order valence-electron chi connectivity index (χ1n) is 5.03. The number of hydrogen-bond donors (Lipinski definition) is 1. The van der Waals surface area contributed by atoms with Gasteiger partial charge in [-0.2, -0.15) is 0 Å². The molecule has 1 atom stereocenters. The van der Waals surface area contributed by atoms with Gasteiger partial charge in [-0.05, 0) is 13.3 Å². The van der Waals surface area contributed by atoms with Crippen molar-refractivity contribution < 1.29 is 9.53 Å². The van der Waals surface area contributed by atoms with Gasteiger partial charge in [0.2, 0.25) is 0 Å². The van der Waals surface area contributed by atoms with Crippen molar-refractivity contribution in [1.29, 1.82) is 0 Å². The minimum atomic E-state index is -0.206. The maximum Gasteiger partial charge on any atom is 0.319 e. The van der Waals surface area contributed by atoms with E-state index in [0.717, 1.165) is 12.8 Å². The molecule has 0 saturated heterocycles. The second-order valence-electron chi connectivity index (χ2n) is 3.26. The van der Waals surface area contributed by atoms with Crippen LogP contribution in [0.2, 0.25) is 0 Å². The third-order valence-corrected chi connectivity index (χ3v) is 1.78. The normalized spacial score (nSPS) is 11.8. The van der Waals surface area contributed by atoms with E-state index in [2.05, 4.69) is 18.2 Å². The predicted molar refractivity (Wildman–Crippen MR) is 56.8 cm³/mol. The fourth-order valence-corrected chi connectivity index (χ4v) is 0.888. The highest BCUT2D eigenvalue weighted by Crippen LogP contribution is 1.90. The number of rotatable bonds is 7. The number of unbranched alkanes of at least 4 members (excludes halogenated alkanes) is 1. The lowest BCUT2D eigenvalue weighted by molar-refractivity contribution is -0.142. The lowest BCUT2D eigenvalue weighted by Crippen LogP contribution is -2.32. The maximum atomic E-state index is 11.1. The van der Waals surface area contributed by atoms with Crippen LogP contribution in [0.4, 0.5) is 0 Å². The molecule has 14 heavy (non-hydrogen) atoms. The average molecular weight is 197 g/mol. The van der Waals surface area contributed by atoms with Gasteiger partial charge in [0, 0.05) is 12.5 Å². The van der Waals surface area contributed by atoms with Crippen LogP contribution in [0, 0.1) is 12.3 Å². The molecule has 0 aromatic rings. The summed E-state index contributed by atoms with van der Waals surface area (Å²) in [7, 11) is 0. The van der Waals surface area contributed by atoms with E-state index >= 15 is 0 Å². The van der Waals surface area contributed by atoms with Crippen molar-refractivity contribution in [2.75, 3.05) is 13.2 Å². The first-order chi connectivity index (χ1) is 6.70. The van der Waals surface area contributed by atoms with Crippen molar-refractivity contribution in [2.45, 2.75) is 39.2 Å². The van der Waals surface area contributed by atoms with E-state index in [1.165, 1.54) is 0 Å². The number of carbonyl (C=O) groups is 1. The Morgan fingerprint density at radius 3 is 2.93 bits per heavy atom. The molecule has 0 spiro atoms. The summed E-state index contributed by atoms with van der Waals surface area (Å²) in [6.45, 7) is 4.76. The first kappa shape index (κ1) is 13.0. The number of hydrogen-bond acceptors (Lipinski definition) is 3. The van der Waals surface area contributed by atoms with Gasteiger partial charge < -0.3 is 10.1 Å². The monoisotopic (exact) mass is 197 g/mol. The van der Waals surface area contributed by atoms with E-state index in [-0.39, 0.29) is 18.6 Å². The summed E-state index contributed by atoms with van der Waals surface area (Å²) in [5.74, 6) is 2.32. The molecule has 0 amide bonds. The summed E-state index contributed by atoms with van der Waals surface area (Å²) >= 11 is 0. The van der Waals surface area contributed by atoms with Crippen LogP contribution in [0.15, 0.2) is 0 Å². The van der Waals surface area contributed by atoms with E-state index < -0.39 is 0 Å². The molecule has 0 fully saturated rings. The van der Waals surface area contributed by atoms with Crippen LogP contribution in [0.25, 0.3) is 0 Å². The summed E-state index contributed by atoms with van der Waals surface area (Å²) in [4.78, 5) is 11.1. The maximum absolute atomic E-state index is 11.1. The molecule has 0 aliphatic carbocycles. The van der Waals surface area contributed by atoms with Gasteiger partial charge in [-0.1, -0.05) is 13.3 Å². The topological polar surface area (TPSA) is 38.3 Å². The van der Waals surface area contributed by atoms with Gasteiger partial charge in [0.25, 0.3) is 0 Å². The average Bonchev–Trinajstić information content (AvgIpc) is 2.16. The number of carbonyl (C=O) groups excluding carboxylic acids is 1. The van der Waals surface area contributed by atoms with E-state index in [4.69, 9.17) is 11.2 Å². The molecule has 1 N–H and O–H groups in total. The summed E-state index contributed by atoms with van der Waals surface area (Å²) in [6, 6.07) is 0.165. The van der Waals surface area contributed by atoms with Gasteiger partial charge >= 0.3 is 5.97 Å². The van der Waals surface area contributed by atoms with Gasteiger partial charge in [0.15, 0.2) is 0 Å². The van der Waals surface area contributed by atoms with Crippen molar-refractivity contribution >= 4 is 5.97 Å². The van der Waals surface area contributed by atoms with E-state index in [1.807, 2.05) is 6.92 Å². The smallest absolute Gasteiger partial charge is 0.319 e. The summed E-state index contributed by atoms with van der Waals surface area (Å²) in [6.07, 6.45) is 7.71. The zero-order valence-electron chi connectivity index (χ0n) is 9.01. The number of terminal acetylenes is 1. The molecule has 0 heterocycles. The van der Waals surface area contributed by atoms with Crippen molar-refractivity contribution in [1.82, 2.24) is 5.32 Å². The minimum absolute atomic E-state index is 0.165. The molecule has 80 valence electrons. The highest BCUT2D eigenvalue weighted by atomic mass is 16.5. The third kappa shape index (κ3) is 7.63. The fraction of sp³-hybridized carbons (Fsp3) is 0.727. The Morgan fingerprint density at radius 1 is 1.64 bits per heavy atom. The standard InChI is InChI=1S/C11H19NO2/c1-4-6-8-14-11(13)9-12-10(3)7-5-2/h2,10,12H,4,6-9H2,1,3H3. The molecule has 0 aromatic heterocycles. The van der Waals surface area contributed by atoms with Crippen molar-refractivity contribution in [3.8, 4) is 12.3 Å². The zero-order chi connectivity index (χ0) is 10.8. The van der Waals surface area contributed by atoms with Crippen LogP contribution in [0.3, 0.4) is 0 Å². The first-order valence-corrected chi connectivity index (χ1v) is 5.03. The van der Waals surface area contributed by atoms with Gasteiger partial charge in [0.05, 0.1) is 13.2 Å². The fourth-order valence-electron chi connectivity index (χ4n) is 0.888. The van der Waals surface area contributed by atoms with Crippen LogP contribution in [-0.2, 0) is 9.53 Å². The summed E-state index contributed by atoms with van der Waals surface area (Å²) < 4.78 is 4.96. The Labute approximate surface area is 86.2 Å². The predicted octanol–water partition coefficient (Wildman–Crippen LogP) is 1.33. The Kier molecular flexibility index (Phi) is 7.96. The van der Waals surface area contributed by atoms with Crippen molar-refractivity contribution in [3.63, 3.8) is 0 Å². The molecule has 0 aliphatic heterocycles. The van der Waals surface area contributed by atoms with Gasteiger partial charge in [-0.15, -0.1) is 12.3 Å². The summed E-state index contributed by atoms with van der Waals surface area (Å²) in [5, 5.41) is 2.99. The van der Waals surface area contributed by atoms with Crippen molar-refractivity contribution in [2.24, 2.45) is 0 Å². The van der Waals surface area contributed by atoms with Gasteiger partial charge in [-0.25, -0.2) is 0 Å². The number of nitrogens with one attached hydrogen (secondary N) is 1. The molecular formula is C11H19NO2. The molecule has 0 aromatic carbocycles. The van der Waals surface area contributed by atoms with Crippen LogP contribution < -0.4 is 5.32 Å². The molecule has 0 rings (SSSR count). The second-order valence-corrected chi connectivity index (χ2v) is 3.26. The van der Waals surface area contributed by atoms with E-state index in [0.29, 0.717) is 13.0 Å². The van der Waals surface area contributed by atoms with E-state index in [9.17, 15) is 4.79 Å². The largest absolute Gasteiger partial charge is 0.465 e. The lowest BCUT2D eigenvalue weighted by Gasteiger charge is -2.10. The third-order valence-electron chi connectivity index (χ3n) is 1.78. The van der Waals surface area contributed by atoms with Gasteiger partial charge in [-0.3, -0.25) is 4.79 Å². The number of esters is 1. The Bertz CT molecular complexity index is 196. The highest BCUT2D eigenvalue weighted by Gasteiger charge is 2.04. The molecule has 0 saturated carbocycles. The summed E-state index contributed by atoms with van der Waals surface area (Å²) in [5.41, 5.74) is 0. The highest BCUT2D eigenvalue weighted by molar-refractivity contribution is 5.71. The van der Waals surface area contributed by atoms with Crippen molar-refractivity contribution in [3.05, 3.63) is 0 Å². The van der Waals surface area contributed by atoms with E-state index in [1.54, 1.807) is 0 Å². The molecule has 3 nitrogen and oxygen atoms in total. The zero-order valence-corrected chi connectivity index (χ0v) is 9.01. The second kappa shape index (κ2) is 8.58. The molecule has 3 heteroatoms. The van der Waals surface area contributed by atoms with Gasteiger partial charge in [0.1, 0.15) is 0 Å². The minimum Gasteiger partial charge on any atom is -0.465 e. The Morgan fingerprint density at radius 2 is 2.36 bits per heavy atom. The molecular weight excluding hydrogens is 178 g/mol. The number of ether oxygens (including phenoxy) is 1. The molecule has 1 unspecified atom stereocenters. The lowest BCUT2D eigenvalue weighted by atomic mass is 10.2. The quantitative estimate of drug-likeness (QED) is 0.380. The Balaban J connectivity index is 3.40. The van der Waals surface area contributed by atoms with Crippen LogP contribution in [0.1, 0.15) is 33.1 Å². The Hall–Kier alpha value is -1.01.